The molecule has 40 heavy (non-hydrogen) atoms. The van der Waals surface area contributed by atoms with Crippen LogP contribution < -0.4 is 10.7 Å². The van der Waals surface area contributed by atoms with E-state index in [4.69, 9.17) is 4.98 Å². The second kappa shape index (κ2) is 9.92. The van der Waals surface area contributed by atoms with Gasteiger partial charge in [-0.25, -0.2) is 15.4 Å². The van der Waals surface area contributed by atoms with Gasteiger partial charge in [-0.3, -0.25) is 9.20 Å². The Hall–Kier alpha value is -4.48. The maximum Gasteiger partial charge on any atom is 0.416 e. The number of hydrogen-bond acceptors (Lipinski definition) is 6. The number of carbonyl (C=O) groups is 1. The first-order chi connectivity index (χ1) is 19.2. The molecule has 0 spiro atoms. The molecule has 1 unspecified atom stereocenters. The summed E-state index contributed by atoms with van der Waals surface area (Å²) in [6.07, 6.45) is 0.490. The van der Waals surface area contributed by atoms with E-state index < -0.39 is 23.7 Å². The van der Waals surface area contributed by atoms with Crippen molar-refractivity contribution in [1.82, 2.24) is 24.8 Å². The van der Waals surface area contributed by atoms with Crippen LogP contribution in [0.4, 0.5) is 19.0 Å². The van der Waals surface area contributed by atoms with E-state index in [1.807, 2.05) is 54.8 Å². The average molecular weight is 561 g/mol. The second-order valence-corrected chi connectivity index (χ2v) is 10.3. The number of benzene rings is 2. The predicted molar refractivity (Wildman–Crippen MR) is 149 cm³/mol. The molecule has 2 N–H and O–H groups in total. The van der Waals surface area contributed by atoms with Crippen molar-refractivity contribution in [3.05, 3.63) is 107 Å². The predicted octanol–water partition coefficient (Wildman–Crippen LogP) is 6.71. The number of hydrazine groups is 1. The number of aryl methyl sites for hydroxylation is 1. The lowest BCUT2D eigenvalue weighted by molar-refractivity contribution is -0.138. The zero-order chi connectivity index (χ0) is 28.0. The number of aromatic nitrogens is 3. The van der Waals surface area contributed by atoms with Crippen molar-refractivity contribution in [3.8, 4) is 21.8 Å². The molecule has 1 aliphatic rings. The van der Waals surface area contributed by atoms with E-state index in [2.05, 4.69) is 15.7 Å². The van der Waals surface area contributed by atoms with Gasteiger partial charge in [0, 0.05) is 47.2 Å². The summed E-state index contributed by atoms with van der Waals surface area (Å²) in [6, 6.07) is 15.9. The van der Waals surface area contributed by atoms with E-state index in [9.17, 15) is 18.0 Å². The van der Waals surface area contributed by atoms with Crippen LogP contribution in [-0.4, -0.2) is 32.3 Å². The Labute approximate surface area is 231 Å². The van der Waals surface area contributed by atoms with Crippen LogP contribution in [0.1, 0.15) is 33.2 Å². The topological polar surface area (TPSA) is 74.6 Å². The number of thiazole rings is 1. The lowest BCUT2D eigenvalue weighted by atomic mass is 9.97. The first-order valence-electron chi connectivity index (χ1n) is 12.4. The molecule has 3 aromatic heterocycles. The van der Waals surface area contributed by atoms with Crippen molar-refractivity contribution < 1.29 is 18.0 Å². The fraction of sp³-hybridized carbons (Fsp3) is 0.138. The molecule has 1 amide bonds. The lowest BCUT2D eigenvalue weighted by Crippen LogP contribution is -2.28. The number of amides is 1. The van der Waals surface area contributed by atoms with Gasteiger partial charge in [0.1, 0.15) is 22.2 Å². The third-order valence-electron chi connectivity index (χ3n) is 6.57. The van der Waals surface area contributed by atoms with E-state index in [-0.39, 0.29) is 11.1 Å². The van der Waals surface area contributed by atoms with Gasteiger partial charge in [0.25, 0.3) is 5.91 Å². The average Bonchev–Trinajstić information content (AvgIpc) is 3.66. The van der Waals surface area contributed by atoms with Gasteiger partial charge in [-0.1, -0.05) is 30.3 Å². The molecular weight excluding hydrogens is 537 g/mol. The maximum atomic E-state index is 13.8. The third kappa shape index (κ3) is 4.85. The first-order valence-corrected chi connectivity index (χ1v) is 13.3. The number of hydrogen-bond donors (Lipinski definition) is 2. The fourth-order valence-corrected chi connectivity index (χ4v) is 5.47. The molecular formula is C29H23F3N6OS. The third-order valence-corrected chi connectivity index (χ3v) is 7.58. The SMILES string of the molecule is Cc1csc(-c2ccn3c(NC(=O)c4ccc(C(F)(F)F)c(C5C=CN(C)N5)c4)c(-c4ccccc4)nc3c2)n1. The summed E-state index contributed by atoms with van der Waals surface area (Å²) in [6.45, 7) is 1.93. The Kier molecular flexibility index (Phi) is 6.40. The van der Waals surface area contributed by atoms with Gasteiger partial charge >= 0.3 is 6.18 Å². The highest BCUT2D eigenvalue weighted by molar-refractivity contribution is 7.13. The molecule has 0 bridgehead atoms. The summed E-state index contributed by atoms with van der Waals surface area (Å²) >= 11 is 1.53. The number of carbonyl (C=O) groups excluding carboxylic acids is 1. The minimum atomic E-state index is -4.57. The zero-order valence-corrected chi connectivity index (χ0v) is 22.2. The Morgan fingerprint density at radius 3 is 2.52 bits per heavy atom. The molecule has 0 saturated carbocycles. The molecule has 11 heteroatoms. The molecule has 0 saturated heterocycles. The second-order valence-electron chi connectivity index (χ2n) is 9.43. The summed E-state index contributed by atoms with van der Waals surface area (Å²) < 4.78 is 43.2. The van der Waals surface area contributed by atoms with Gasteiger partial charge in [-0.05, 0) is 48.9 Å². The van der Waals surface area contributed by atoms with Crippen molar-refractivity contribution in [1.29, 1.82) is 0 Å². The van der Waals surface area contributed by atoms with Crippen LogP contribution in [0.15, 0.2) is 84.5 Å². The fourth-order valence-electron chi connectivity index (χ4n) is 4.67. The number of anilines is 1. The molecule has 4 heterocycles. The standard InChI is InChI=1S/C29H23F3N6OS/c1-17-16-40-28(33-17)20-10-13-38-24(15-20)34-25(18-6-4-3-5-7-18)26(38)35-27(39)19-8-9-22(29(30,31)32)21(14-19)23-11-12-37(2)36-23/h3-16,23,36H,1-2H3,(H,35,39). The largest absolute Gasteiger partial charge is 0.416 e. The van der Waals surface area contributed by atoms with Gasteiger partial charge in [-0.2, -0.15) is 13.2 Å². The number of halogens is 3. The first kappa shape index (κ1) is 25.8. The van der Waals surface area contributed by atoms with E-state index in [0.29, 0.717) is 17.2 Å². The normalized spacial score (nSPS) is 15.2. The van der Waals surface area contributed by atoms with Crippen LogP contribution in [0.5, 0.6) is 0 Å². The molecule has 5 aromatic rings. The summed E-state index contributed by atoms with van der Waals surface area (Å²) in [5, 5.41) is 7.31. The molecule has 0 aliphatic carbocycles. The van der Waals surface area contributed by atoms with E-state index in [0.717, 1.165) is 27.9 Å². The molecule has 0 radical (unpaired) electrons. The smallest absolute Gasteiger partial charge is 0.318 e. The Morgan fingerprint density at radius 1 is 1.05 bits per heavy atom. The molecule has 7 nitrogen and oxygen atoms in total. The minimum absolute atomic E-state index is 0.0365. The molecule has 2 aromatic carbocycles. The summed E-state index contributed by atoms with van der Waals surface area (Å²) in [4.78, 5) is 22.9. The summed E-state index contributed by atoms with van der Waals surface area (Å²) in [5.74, 6) is -0.142. The Bertz CT molecular complexity index is 1760. The van der Waals surface area contributed by atoms with Crippen LogP contribution in [0, 0.1) is 6.92 Å². The molecule has 0 fully saturated rings. The van der Waals surface area contributed by atoms with Crippen LogP contribution in [-0.2, 0) is 6.18 Å². The number of rotatable bonds is 5. The van der Waals surface area contributed by atoms with E-state index >= 15 is 0 Å². The highest BCUT2D eigenvalue weighted by Crippen LogP contribution is 2.37. The van der Waals surface area contributed by atoms with Gasteiger partial charge in [0.2, 0.25) is 0 Å². The van der Waals surface area contributed by atoms with Gasteiger partial charge in [-0.15, -0.1) is 11.3 Å². The van der Waals surface area contributed by atoms with Crippen molar-refractivity contribution in [2.75, 3.05) is 12.4 Å². The quantitative estimate of drug-likeness (QED) is 0.250. The Morgan fingerprint density at radius 2 is 1.85 bits per heavy atom. The summed E-state index contributed by atoms with van der Waals surface area (Å²) in [7, 11) is 1.69. The van der Waals surface area contributed by atoms with E-state index in [1.165, 1.54) is 23.5 Å². The number of nitrogens with zero attached hydrogens (tertiary/aromatic N) is 4. The summed E-state index contributed by atoms with van der Waals surface area (Å²) in [5.41, 5.74) is 5.93. The zero-order valence-electron chi connectivity index (χ0n) is 21.4. The van der Waals surface area contributed by atoms with Gasteiger partial charge < -0.3 is 10.3 Å². The van der Waals surface area contributed by atoms with Gasteiger partial charge in [0.15, 0.2) is 0 Å². The highest BCUT2D eigenvalue weighted by atomic mass is 32.1. The molecule has 202 valence electrons. The molecule has 6 rings (SSSR count). The molecule has 1 atom stereocenters. The minimum Gasteiger partial charge on any atom is -0.318 e. The van der Waals surface area contributed by atoms with Gasteiger partial charge in [0.05, 0.1) is 11.6 Å². The van der Waals surface area contributed by atoms with Crippen molar-refractivity contribution >= 4 is 28.7 Å². The van der Waals surface area contributed by atoms with Crippen LogP contribution in [0.25, 0.3) is 27.5 Å². The monoisotopic (exact) mass is 560 g/mol. The van der Waals surface area contributed by atoms with Crippen molar-refractivity contribution in [2.45, 2.75) is 19.1 Å². The van der Waals surface area contributed by atoms with Crippen LogP contribution in [0.3, 0.4) is 0 Å². The number of alkyl halides is 3. The number of fused-ring (bicyclic) bond motifs is 1. The van der Waals surface area contributed by atoms with Crippen molar-refractivity contribution in [3.63, 3.8) is 0 Å². The van der Waals surface area contributed by atoms with Crippen LogP contribution in [0.2, 0.25) is 0 Å². The highest BCUT2D eigenvalue weighted by Gasteiger charge is 2.36. The van der Waals surface area contributed by atoms with E-state index in [1.54, 1.807) is 34.9 Å². The molecule has 1 aliphatic heterocycles. The van der Waals surface area contributed by atoms with Crippen LogP contribution >= 0.6 is 11.3 Å². The number of nitrogens with one attached hydrogen (secondary N) is 2. The van der Waals surface area contributed by atoms with Crippen molar-refractivity contribution in [2.24, 2.45) is 0 Å². The number of imidazole rings is 1. The number of pyridine rings is 1. The Balaban J connectivity index is 1.41. The lowest BCUT2D eigenvalue weighted by Gasteiger charge is -2.20. The maximum absolute atomic E-state index is 13.8.